The molecule has 0 spiro atoms. The second kappa shape index (κ2) is 4.41. The van der Waals surface area contributed by atoms with Gasteiger partial charge in [0.25, 0.3) is 0 Å². The average molecular weight is 235 g/mol. The average Bonchev–Trinajstić information content (AvgIpc) is 2.30. The van der Waals surface area contributed by atoms with Gasteiger partial charge >= 0.3 is 0 Å². The minimum Gasteiger partial charge on any atom is -0.452 e. The second-order valence-electron chi connectivity index (χ2n) is 3.70. The Morgan fingerprint density at radius 2 is 1.88 bits per heavy atom. The van der Waals surface area contributed by atoms with Crippen molar-refractivity contribution in [2.24, 2.45) is 0 Å². The highest BCUT2D eigenvalue weighted by atomic mass is 19.2. The minimum atomic E-state index is -1.08. The molecule has 0 unspecified atom stereocenters. The fraction of sp³-hybridized carbons (Fsp3) is 0.0769. The normalized spacial score (nSPS) is 10.3. The molecule has 0 saturated heterocycles. The number of ether oxygens (including phenoxy) is 1. The first kappa shape index (κ1) is 11.4. The molecule has 2 aromatic rings. The van der Waals surface area contributed by atoms with E-state index >= 15 is 0 Å². The topological polar surface area (TPSA) is 35.2 Å². The summed E-state index contributed by atoms with van der Waals surface area (Å²) in [6.07, 6.45) is 0. The van der Waals surface area contributed by atoms with Gasteiger partial charge in [-0.25, -0.2) is 4.39 Å². The standard InChI is InChI=1S/C13H11F2NO/c1-8-3-2-4-9(7-8)17-13-11(16)6-5-10(14)12(13)15/h2-7H,16H2,1H3. The molecule has 2 nitrogen and oxygen atoms in total. The molecule has 2 rings (SSSR count). The molecule has 0 heterocycles. The van der Waals surface area contributed by atoms with Gasteiger partial charge in [-0.05, 0) is 36.8 Å². The monoisotopic (exact) mass is 235 g/mol. The lowest BCUT2D eigenvalue weighted by molar-refractivity contribution is 0.418. The number of nitrogens with two attached hydrogens (primary N) is 1. The summed E-state index contributed by atoms with van der Waals surface area (Å²) in [5.74, 6) is -1.93. The lowest BCUT2D eigenvalue weighted by Gasteiger charge is -2.10. The first-order chi connectivity index (χ1) is 8.08. The third-order valence-electron chi connectivity index (χ3n) is 2.29. The summed E-state index contributed by atoms with van der Waals surface area (Å²) < 4.78 is 31.8. The van der Waals surface area contributed by atoms with Crippen LogP contribution in [0.1, 0.15) is 5.56 Å². The van der Waals surface area contributed by atoms with Crippen LogP contribution in [0.15, 0.2) is 36.4 Å². The number of hydrogen-bond acceptors (Lipinski definition) is 2. The van der Waals surface area contributed by atoms with Crippen LogP contribution in [0.5, 0.6) is 11.5 Å². The van der Waals surface area contributed by atoms with Crippen molar-refractivity contribution in [2.75, 3.05) is 5.73 Å². The zero-order chi connectivity index (χ0) is 12.4. The van der Waals surface area contributed by atoms with Crippen LogP contribution in [-0.4, -0.2) is 0 Å². The molecular formula is C13H11F2NO. The Kier molecular flexibility index (Phi) is 2.95. The summed E-state index contributed by atoms with van der Waals surface area (Å²) in [6.45, 7) is 1.87. The number of nitrogen functional groups attached to an aromatic ring is 1. The van der Waals surface area contributed by atoms with E-state index in [0.717, 1.165) is 11.6 Å². The lowest BCUT2D eigenvalue weighted by atomic mass is 10.2. The summed E-state index contributed by atoms with van der Waals surface area (Å²) in [5.41, 5.74) is 6.56. The molecule has 0 radical (unpaired) electrons. The van der Waals surface area contributed by atoms with Crippen LogP contribution in [0.25, 0.3) is 0 Å². The predicted octanol–water partition coefficient (Wildman–Crippen LogP) is 3.65. The third kappa shape index (κ3) is 2.36. The molecular weight excluding hydrogens is 224 g/mol. The molecule has 0 saturated carbocycles. The van der Waals surface area contributed by atoms with E-state index in [2.05, 4.69) is 0 Å². The molecule has 0 aliphatic carbocycles. The smallest absolute Gasteiger partial charge is 0.203 e. The van der Waals surface area contributed by atoms with Crippen molar-refractivity contribution < 1.29 is 13.5 Å². The van der Waals surface area contributed by atoms with Crippen LogP contribution in [-0.2, 0) is 0 Å². The lowest BCUT2D eigenvalue weighted by Crippen LogP contribution is -1.97. The molecule has 4 heteroatoms. The van der Waals surface area contributed by atoms with Gasteiger partial charge in [0, 0.05) is 0 Å². The van der Waals surface area contributed by atoms with E-state index in [0.29, 0.717) is 5.75 Å². The van der Waals surface area contributed by atoms with Crippen molar-refractivity contribution in [1.29, 1.82) is 0 Å². The predicted molar refractivity (Wildman–Crippen MR) is 62.0 cm³/mol. The van der Waals surface area contributed by atoms with Crippen molar-refractivity contribution in [2.45, 2.75) is 6.92 Å². The van der Waals surface area contributed by atoms with E-state index in [1.54, 1.807) is 18.2 Å². The molecule has 17 heavy (non-hydrogen) atoms. The van der Waals surface area contributed by atoms with Gasteiger partial charge < -0.3 is 10.5 Å². The van der Waals surface area contributed by atoms with E-state index in [1.165, 1.54) is 6.07 Å². The molecule has 88 valence electrons. The second-order valence-corrected chi connectivity index (χ2v) is 3.70. The number of anilines is 1. The summed E-state index contributed by atoms with van der Waals surface area (Å²) in [6, 6.07) is 9.23. The van der Waals surface area contributed by atoms with Gasteiger partial charge in [0.2, 0.25) is 5.82 Å². The highest BCUT2D eigenvalue weighted by Gasteiger charge is 2.14. The molecule has 0 aromatic heterocycles. The van der Waals surface area contributed by atoms with Crippen molar-refractivity contribution in [3.63, 3.8) is 0 Å². The first-order valence-corrected chi connectivity index (χ1v) is 5.06. The maximum Gasteiger partial charge on any atom is 0.203 e. The fourth-order valence-corrected chi connectivity index (χ4v) is 1.45. The van der Waals surface area contributed by atoms with Gasteiger partial charge in [-0.3, -0.25) is 0 Å². The largest absolute Gasteiger partial charge is 0.452 e. The summed E-state index contributed by atoms with van der Waals surface area (Å²) in [5, 5.41) is 0. The van der Waals surface area contributed by atoms with Crippen LogP contribution in [0.4, 0.5) is 14.5 Å². The number of aryl methyl sites for hydroxylation is 1. The molecule has 2 N–H and O–H groups in total. The summed E-state index contributed by atoms with van der Waals surface area (Å²) >= 11 is 0. The van der Waals surface area contributed by atoms with Crippen molar-refractivity contribution in [3.05, 3.63) is 53.6 Å². The molecule has 0 aliphatic rings. The Bertz CT molecular complexity index is 555. The molecule has 0 aliphatic heterocycles. The Balaban J connectivity index is 2.39. The number of benzene rings is 2. The van der Waals surface area contributed by atoms with Crippen molar-refractivity contribution >= 4 is 5.69 Å². The summed E-state index contributed by atoms with van der Waals surface area (Å²) in [7, 11) is 0. The van der Waals surface area contributed by atoms with Crippen molar-refractivity contribution in [3.8, 4) is 11.5 Å². The summed E-state index contributed by atoms with van der Waals surface area (Å²) in [4.78, 5) is 0. The Labute approximate surface area is 97.6 Å². The zero-order valence-electron chi connectivity index (χ0n) is 9.21. The van der Waals surface area contributed by atoms with E-state index in [1.807, 2.05) is 13.0 Å². The van der Waals surface area contributed by atoms with Crippen LogP contribution in [0.3, 0.4) is 0 Å². The van der Waals surface area contributed by atoms with Gasteiger partial charge in [0.1, 0.15) is 5.75 Å². The third-order valence-corrected chi connectivity index (χ3v) is 2.29. The van der Waals surface area contributed by atoms with Gasteiger partial charge in [0.05, 0.1) is 5.69 Å². The quantitative estimate of drug-likeness (QED) is 0.806. The van der Waals surface area contributed by atoms with Crippen LogP contribution >= 0.6 is 0 Å². The van der Waals surface area contributed by atoms with Gasteiger partial charge in [-0.15, -0.1) is 0 Å². The maximum atomic E-state index is 13.5. The van der Waals surface area contributed by atoms with Gasteiger partial charge in [-0.1, -0.05) is 12.1 Å². The molecule has 0 amide bonds. The van der Waals surface area contributed by atoms with Crippen molar-refractivity contribution in [1.82, 2.24) is 0 Å². The van der Waals surface area contributed by atoms with Crippen LogP contribution < -0.4 is 10.5 Å². The van der Waals surface area contributed by atoms with Crippen LogP contribution in [0.2, 0.25) is 0 Å². The highest BCUT2D eigenvalue weighted by Crippen LogP contribution is 2.31. The zero-order valence-corrected chi connectivity index (χ0v) is 9.21. The Hall–Kier alpha value is -2.10. The van der Waals surface area contributed by atoms with E-state index in [9.17, 15) is 8.78 Å². The van der Waals surface area contributed by atoms with E-state index in [-0.39, 0.29) is 11.4 Å². The molecule has 2 aromatic carbocycles. The minimum absolute atomic E-state index is 0.0606. The first-order valence-electron chi connectivity index (χ1n) is 5.06. The SMILES string of the molecule is Cc1cccc(Oc2c(N)ccc(F)c2F)c1. The van der Waals surface area contributed by atoms with Gasteiger partial charge in [0.15, 0.2) is 11.6 Å². The maximum absolute atomic E-state index is 13.5. The number of hydrogen-bond donors (Lipinski definition) is 1. The molecule has 0 atom stereocenters. The number of halogens is 2. The Morgan fingerprint density at radius 1 is 1.12 bits per heavy atom. The fourth-order valence-electron chi connectivity index (χ4n) is 1.45. The van der Waals surface area contributed by atoms with Gasteiger partial charge in [-0.2, -0.15) is 4.39 Å². The highest BCUT2D eigenvalue weighted by molar-refractivity contribution is 5.54. The van der Waals surface area contributed by atoms with E-state index in [4.69, 9.17) is 10.5 Å². The van der Waals surface area contributed by atoms with E-state index < -0.39 is 11.6 Å². The molecule has 0 fully saturated rings. The molecule has 0 bridgehead atoms. The number of rotatable bonds is 2. The van der Waals surface area contributed by atoms with Crippen LogP contribution in [0, 0.1) is 18.6 Å². The Morgan fingerprint density at radius 3 is 2.59 bits per heavy atom.